The Bertz CT molecular complexity index is 1120. The van der Waals surface area contributed by atoms with Crippen molar-refractivity contribution in [3.63, 3.8) is 0 Å². The molecule has 2 aromatic rings. The van der Waals surface area contributed by atoms with Gasteiger partial charge in [-0.2, -0.15) is 0 Å². The van der Waals surface area contributed by atoms with Crippen molar-refractivity contribution >= 4 is 35.0 Å². The van der Waals surface area contributed by atoms with Gasteiger partial charge in [-0.15, -0.1) is 0 Å². The molecule has 174 valence electrons. The quantitative estimate of drug-likeness (QED) is 0.205. The third-order valence-electron chi connectivity index (χ3n) is 5.40. The molecule has 1 amide bonds. The molecule has 0 radical (unpaired) electrons. The topological polar surface area (TPSA) is 93.1 Å². The molecule has 0 aromatic heterocycles. The second-order valence-corrected chi connectivity index (χ2v) is 8.24. The van der Waals surface area contributed by atoms with E-state index in [1.807, 2.05) is 6.92 Å². The van der Waals surface area contributed by atoms with Gasteiger partial charge in [0, 0.05) is 13.5 Å². The number of ketones is 1. The number of hydrogen-bond acceptors (Lipinski definition) is 6. The number of rotatable bonds is 7. The number of aliphatic hydroxyl groups excluding tert-OH is 1. The van der Waals surface area contributed by atoms with Crippen LogP contribution in [-0.4, -0.2) is 41.3 Å². The molecule has 1 N–H and O–H groups in total. The van der Waals surface area contributed by atoms with Gasteiger partial charge >= 0.3 is 5.97 Å². The Balaban J connectivity index is 2.20. The molecule has 1 aliphatic rings. The molecule has 1 atom stereocenters. The van der Waals surface area contributed by atoms with Crippen molar-refractivity contribution in [1.29, 1.82) is 0 Å². The van der Waals surface area contributed by atoms with Gasteiger partial charge < -0.3 is 19.5 Å². The number of likely N-dealkylation sites (tertiary alicyclic amines) is 1. The lowest BCUT2D eigenvalue weighted by molar-refractivity contribution is -0.139. The summed E-state index contributed by atoms with van der Waals surface area (Å²) in [5.74, 6) is -1.73. The van der Waals surface area contributed by atoms with Crippen LogP contribution in [0.25, 0.3) is 5.76 Å². The zero-order valence-electron chi connectivity index (χ0n) is 19.0. The van der Waals surface area contributed by atoms with Gasteiger partial charge in [-0.05, 0) is 48.7 Å². The number of nitrogens with zero attached hydrogens (tertiary/aromatic N) is 1. The van der Waals surface area contributed by atoms with Gasteiger partial charge in [-0.25, -0.2) is 0 Å². The van der Waals surface area contributed by atoms with E-state index < -0.39 is 23.7 Å². The molecule has 1 saturated heterocycles. The number of amides is 1. The molecule has 0 aliphatic carbocycles. The summed E-state index contributed by atoms with van der Waals surface area (Å²) in [6.07, 6.45) is 1.51. The summed E-state index contributed by atoms with van der Waals surface area (Å²) in [7, 11) is 1.42. The summed E-state index contributed by atoms with van der Waals surface area (Å²) >= 11 is 6.30. The van der Waals surface area contributed by atoms with Gasteiger partial charge in [0.05, 0.1) is 29.3 Å². The van der Waals surface area contributed by atoms with E-state index in [1.165, 1.54) is 18.9 Å². The van der Waals surface area contributed by atoms with Crippen molar-refractivity contribution < 1.29 is 29.0 Å². The first kappa shape index (κ1) is 24.3. The van der Waals surface area contributed by atoms with Gasteiger partial charge in [0.1, 0.15) is 17.3 Å². The van der Waals surface area contributed by atoms with Crippen LogP contribution in [0.5, 0.6) is 11.5 Å². The third kappa shape index (κ3) is 4.88. The van der Waals surface area contributed by atoms with Crippen molar-refractivity contribution in [1.82, 2.24) is 4.90 Å². The second kappa shape index (κ2) is 10.1. The first-order chi connectivity index (χ1) is 15.7. The molecule has 33 heavy (non-hydrogen) atoms. The van der Waals surface area contributed by atoms with Gasteiger partial charge in [0.25, 0.3) is 11.7 Å². The molecular weight excluding hydrogens is 446 g/mol. The Morgan fingerprint density at radius 2 is 1.85 bits per heavy atom. The Labute approximate surface area is 197 Å². The first-order valence-electron chi connectivity index (χ1n) is 10.6. The minimum atomic E-state index is -0.813. The summed E-state index contributed by atoms with van der Waals surface area (Å²) in [6.45, 7) is 5.43. The SMILES string of the molecule is CCCCN1C(=O)C(=O)/C(=C(/O)c2cc(C)cc(Cl)c2OC)C1c1ccc(OC(C)=O)cc1. The van der Waals surface area contributed by atoms with Gasteiger partial charge in [0.15, 0.2) is 0 Å². The van der Waals surface area contributed by atoms with E-state index in [4.69, 9.17) is 21.1 Å². The predicted octanol–water partition coefficient (Wildman–Crippen LogP) is 4.80. The molecule has 8 heteroatoms. The highest BCUT2D eigenvalue weighted by Gasteiger charge is 2.46. The number of carbonyl (C=O) groups excluding carboxylic acids is 3. The summed E-state index contributed by atoms with van der Waals surface area (Å²) in [6, 6.07) is 9.03. The minimum Gasteiger partial charge on any atom is -0.507 e. The number of methoxy groups -OCH3 is 1. The van der Waals surface area contributed by atoms with Crippen molar-refractivity contribution in [2.24, 2.45) is 0 Å². The van der Waals surface area contributed by atoms with E-state index in [-0.39, 0.29) is 27.7 Å². The molecule has 0 spiro atoms. The summed E-state index contributed by atoms with van der Waals surface area (Å²) in [5, 5.41) is 11.6. The fraction of sp³-hybridized carbons (Fsp3) is 0.320. The standard InChI is InChI=1S/C25H26ClNO6/c1-5-6-11-27-21(16-7-9-17(10-8-16)33-15(3)28)20(23(30)25(27)31)22(29)18-12-14(2)13-19(26)24(18)32-4/h7-10,12-13,21,29H,5-6,11H2,1-4H3/b22-20+. The second-order valence-electron chi connectivity index (χ2n) is 7.84. The molecule has 1 fully saturated rings. The van der Waals surface area contributed by atoms with Crippen molar-refractivity contribution in [2.45, 2.75) is 39.7 Å². The average molecular weight is 472 g/mol. The van der Waals surface area contributed by atoms with Crippen LogP contribution in [0.15, 0.2) is 42.0 Å². The number of hydrogen-bond donors (Lipinski definition) is 1. The largest absolute Gasteiger partial charge is 0.507 e. The highest BCUT2D eigenvalue weighted by atomic mass is 35.5. The molecule has 1 unspecified atom stereocenters. The fourth-order valence-corrected chi connectivity index (χ4v) is 4.28. The smallest absolute Gasteiger partial charge is 0.308 e. The van der Waals surface area contributed by atoms with E-state index in [2.05, 4.69) is 0 Å². The van der Waals surface area contributed by atoms with Crippen LogP contribution in [0, 0.1) is 6.92 Å². The van der Waals surface area contributed by atoms with E-state index >= 15 is 0 Å². The number of esters is 1. The average Bonchev–Trinajstić information content (AvgIpc) is 3.01. The van der Waals surface area contributed by atoms with Crippen LogP contribution >= 0.6 is 11.6 Å². The monoisotopic (exact) mass is 471 g/mol. The Morgan fingerprint density at radius 1 is 1.18 bits per heavy atom. The maximum Gasteiger partial charge on any atom is 0.308 e. The fourth-order valence-electron chi connectivity index (χ4n) is 3.93. The maximum atomic E-state index is 13.1. The Hall–Kier alpha value is -3.32. The molecule has 0 bridgehead atoms. The molecule has 7 nitrogen and oxygen atoms in total. The lowest BCUT2D eigenvalue weighted by Gasteiger charge is -2.25. The zero-order chi connectivity index (χ0) is 24.3. The van der Waals surface area contributed by atoms with Crippen LogP contribution in [0.2, 0.25) is 5.02 Å². The highest BCUT2D eigenvalue weighted by molar-refractivity contribution is 6.46. The summed E-state index contributed by atoms with van der Waals surface area (Å²) in [5.41, 5.74) is 1.54. The molecule has 0 saturated carbocycles. The van der Waals surface area contributed by atoms with Crippen LogP contribution in [0.1, 0.15) is 49.4 Å². The number of aliphatic hydroxyl groups is 1. The molecule has 2 aromatic carbocycles. The summed E-state index contributed by atoms with van der Waals surface area (Å²) < 4.78 is 10.5. The normalized spacial score (nSPS) is 17.4. The number of halogens is 1. The predicted molar refractivity (Wildman–Crippen MR) is 124 cm³/mol. The lowest BCUT2D eigenvalue weighted by atomic mass is 9.94. The van der Waals surface area contributed by atoms with Gasteiger partial charge in [0.2, 0.25) is 0 Å². The van der Waals surface area contributed by atoms with E-state index in [1.54, 1.807) is 43.3 Å². The van der Waals surface area contributed by atoms with E-state index in [9.17, 15) is 19.5 Å². The van der Waals surface area contributed by atoms with Crippen molar-refractivity contribution in [2.75, 3.05) is 13.7 Å². The number of aryl methyl sites for hydroxylation is 1. The minimum absolute atomic E-state index is 0.0451. The van der Waals surface area contributed by atoms with E-state index in [0.29, 0.717) is 24.3 Å². The number of benzene rings is 2. The number of ether oxygens (including phenoxy) is 2. The number of unbranched alkanes of at least 4 members (excludes halogenated alkanes) is 1. The van der Waals surface area contributed by atoms with Gasteiger partial charge in [-0.1, -0.05) is 37.1 Å². The van der Waals surface area contributed by atoms with Crippen LogP contribution in [0.3, 0.4) is 0 Å². The lowest BCUT2D eigenvalue weighted by Crippen LogP contribution is -2.30. The maximum absolute atomic E-state index is 13.1. The Kier molecular flexibility index (Phi) is 7.43. The number of Topliss-reactive ketones (excluding diaryl/α,β-unsaturated/α-hetero) is 1. The summed E-state index contributed by atoms with van der Waals surface area (Å²) in [4.78, 5) is 38.8. The molecular formula is C25H26ClNO6. The van der Waals surface area contributed by atoms with Crippen LogP contribution < -0.4 is 9.47 Å². The van der Waals surface area contributed by atoms with Crippen LogP contribution in [0.4, 0.5) is 0 Å². The molecule has 1 heterocycles. The third-order valence-corrected chi connectivity index (χ3v) is 5.68. The molecule has 3 rings (SSSR count). The van der Waals surface area contributed by atoms with Crippen molar-refractivity contribution in [3.05, 3.63) is 63.7 Å². The van der Waals surface area contributed by atoms with Gasteiger partial charge in [-0.3, -0.25) is 14.4 Å². The number of carbonyl (C=O) groups is 3. The van der Waals surface area contributed by atoms with E-state index in [0.717, 1.165) is 12.0 Å². The molecule has 1 aliphatic heterocycles. The first-order valence-corrected chi connectivity index (χ1v) is 11.0. The Morgan fingerprint density at radius 3 is 2.42 bits per heavy atom. The zero-order valence-corrected chi connectivity index (χ0v) is 19.7. The highest BCUT2D eigenvalue weighted by Crippen LogP contribution is 2.43. The van der Waals surface area contributed by atoms with Crippen molar-refractivity contribution in [3.8, 4) is 11.5 Å². The van der Waals surface area contributed by atoms with Crippen LogP contribution in [-0.2, 0) is 14.4 Å².